The van der Waals surface area contributed by atoms with Crippen molar-refractivity contribution in [2.45, 2.75) is 6.92 Å². The SMILES string of the molecule is Cc1ccc(N/N=C/c2ccccc2OCC(=O)Nc2ccccc2)cc1. The summed E-state index contributed by atoms with van der Waals surface area (Å²) in [6, 6.07) is 24.7. The fourth-order valence-corrected chi connectivity index (χ4v) is 2.38. The topological polar surface area (TPSA) is 62.7 Å². The molecule has 0 spiro atoms. The number of carbonyl (C=O) groups is 1. The van der Waals surface area contributed by atoms with Crippen LogP contribution in [-0.2, 0) is 4.79 Å². The van der Waals surface area contributed by atoms with E-state index in [-0.39, 0.29) is 12.5 Å². The van der Waals surface area contributed by atoms with Crippen molar-refractivity contribution in [1.82, 2.24) is 0 Å². The highest BCUT2D eigenvalue weighted by atomic mass is 16.5. The number of benzene rings is 3. The molecule has 0 aliphatic heterocycles. The molecule has 1 amide bonds. The standard InChI is InChI=1S/C22H21N3O2/c1-17-11-13-20(14-12-17)25-23-15-18-7-5-6-10-21(18)27-16-22(26)24-19-8-3-2-4-9-19/h2-15,25H,16H2,1H3,(H,24,26)/b23-15+. The zero-order valence-corrected chi connectivity index (χ0v) is 15.1. The molecule has 5 heteroatoms. The summed E-state index contributed by atoms with van der Waals surface area (Å²) in [6.45, 7) is 1.96. The van der Waals surface area contributed by atoms with E-state index < -0.39 is 0 Å². The molecule has 0 atom stereocenters. The number of nitrogens with zero attached hydrogens (tertiary/aromatic N) is 1. The first-order valence-corrected chi connectivity index (χ1v) is 8.63. The number of ether oxygens (including phenoxy) is 1. The maximum absolute atomic E-state index is 12.0. The summed E-state index contributed by atoms with van der Waals surface area (Å²) in [6.07, 6.45) is 1.67. The van der Waals surface area contributed by atoms with Gasteiger partial charge >= 0.3 is 0 Å². The average Bonchev–Trinajstić information content (AvgIpc) is 2.69. The van der Waals surface area contributed by atoms with Crippen LogP contribution in [0.15, 0.2) is 84.0 Å². The molecule has 0 bridgehead atoms. The zero-order chi connectivity index (χ0) is 18.9. The van der Waals surface area contributed by atoms with Crippen molar-refractivity contribution in [2.75, 3.05) is 17.3 Å². The predicted molar refractivity (Wildman–Crippen MR) is 109 cm³/mol. The van der Waals surface area contributed by atoms with Crippen LogP contribution in [-0.4, -0.2) is 18.7 Å². The van der Waals surface area contributed by atoms with Gasteiger partial charge in [-0.25, -0.2) is 0 Å². The number of carbonyl (C=O) groups excluding carboxylic acids is 1. The van der Waals surface area contributed by atoms with Gasteiger partial charge in [-0.2, -0.15) is 5.10 Å². The number of hydrazone groups is 1. The van der Waals surface area contributed by atoms with Crippen molar-refractivity contribution in [1.29, 1.82) is 0 Å². The minimum absolute atomic E-state index is 0.0782. The molecule has 3 aromatic rings. The van der Waals surface area contributed by atoms with E-state index in [1.165, 1.54) is 5.56 Å². The number of anilines is 2. The van der Waals surface area contributed by atoms with E-state index in [1.54, 1.807) is 6.21 Å². The Bertz CT molecular complexity index is 906. The van der Waals surface area contributed by atoms with Crippen LogP contribution in [0.4, 0.5) is 11.4 Å². The van der Waals surface area contributed by atoms with Crippen LogP contribution in [0.5, 0.6) is 5.75 Å². The minimum atomic E-state index is -0.217. The third-order valence-electron chi connectivity index (χ3n) is 3.78. The molecule has 0 aliphatic carbocycles. The third-order valence-corrected chi connectivity index (χ3v) is 3.78. The zero-order valence-electron chi connectivity index (χ0n) is 15.1. The molecule has 0 saturated heterocycles. The fourth-order valence-electron chi connectivity index (χ4n) is 2.38. The van der Waals surface area contributed by atoms with Crippen LogP contribution >= 0.6 is 0 Å². The lowest BCUT2D eigenvalue weighted by atomic mass is 10.2. The second-order valence-corrected chi connectivity index (χ2v) is 5.98. The summed E-state index contributed by atoms with van der Waals surface area (Å²) >= 11 is 0. The van der Waals surface area contributed by atoms with Crippen LogP contribution in [0.2, 0.25) is 0 Å². The van der Waals surface area contributed by atoms with Gasteiger partial charge in [0.05, 0.1) is 11.9 Å². The molecule has 27 heavy (non-hydrogen) atoms. The largest absolute Gasteiger partial charge is 0.483 e. The fraction of sp³-hybridized carbons (Fsp3) is 0.0909. The van der Waals surface area contributed by atoms with Gasteiger partial charge in [-0.1, -0.05) is 48.0 Å². The monoisotopic (exact) mass is 359 g/mol. The lowest BCUT2D eigenvalue weighted by Crippen LogP contribution is -2.20. The quantitative estimate of drug-likeness (QED) is 0.484. The first kappa shape index (κ1) is 18.2. The van der Waals surface area contributed by atoms with E-state index in [0.29, 0.717) is 5.75 Å². The Morgan fingerprint density at radius 1 is 0.926 bits per heavy atom. The van der Waals surface area contributed by atoms with Gasteiger partial charge in [0.25, 0.3) is 5.91 Å². The van der Waals surface area contributed by atoms with Gasteiger partial charge in [-0.05, 0) is 43.3 Å². The molecule has 0 saturated carbocycles. The molecular formula is C22H21N3O2. The molecule has 3 rings (SSSR count). The number of amides is 1. The molecule has 0 radical (unpaired) electrons. The van der Waals surface area contributed by atoms with Crippen LogP contribution in [0.25, 0.3) is 0 Å². The van der Waals surface area contributed by atoms with Gasteiger partial charge in [0.2, 0.25) is 0 Å². The molecule has 5 nitrogen and oxygen atoms in total. The second-order valence-electron chi connectivity index (χ2n) is 5.98. The van der Waals surface area contributed by atoms with Gasteiger partial charge in [0.1, 0.15) is 5.75 Å². The maximum Gasteiger partial charge on any atom is 0.262 e. The van der Waals surface area contributed by atoms with Crippen molar-refractivity contribution in [3.8, 4) is 5.75 Å². The van der Waals surface area contributed by atoms with Crippen LogP contribution in [0.3, 0.4) is 0 Å². The molecule has 2 N–H and O–H groups in total. The molecule has 0 heterocycles. The van der Waals surface area contributed by atoms with Gasteiger partial charge in [0.15, 0.2) is 6.61 Å². The van der Waals surface area contributed by atoms with Crippen LogP contribution in [0, 0.1) is 6.92 Å². The molecule has 0 fully saturated rings. The lowest BCUT2D eigenvalue weighted by Gasteiger charge is -2.09. The van der Waals surface area contributed by atoms with Crippen molar-refractivity contribution >= 4 is 23.5 Å². The maximum atomic E-state index is 12.0. The van der Waals surface area contributed by atoms with Crippen molar-refractivity contribution in [3.05, 3.63) is 90.0 Å². The summed E-state index contributed by atoms with van der Waals surface area (Å²) in [7, 11) is 0. The second kappa shape index (κ2) is 9.20. The smallest absolute Gasteiger partial charge is 0.262 e. The Hall–Kier alpha value is -3.60. The number of hydrogen-bond donors (Lipinski definition) is 2. The van der Waals surface area contributed by atoms with E-state index in [4.69, 9.17) is 4.74 Å². The van der Waals surface area contributed by atoms with Crippen molar-refractivity contribution in [3.63, 3.8) is 0 Å². The van der Waals surface area contributed by atoms with Gasteiger partial charge in [0, 0.05) is 11.3 Å². The van der Waals surface area contributed by atoms with E-state index in [0.717, 1.165) is 16.9 Å². The normalized spacial score (nSPS) is 10.6. The Labute approximate surface area is 158 Å². The molecular weight excluding hydrogens is 338 g/mol. The molecule has 0 aliphatic rings. The number of hydrogen-bond acceptors (Lipinski definition) is 4. The summed E-state index contributed by atoms with van der Waals surface area (Å²) in [4.78, 5) is 12.0. The summed E-state index contributed by atoms with van der Waals surface area (Å²) in [5.74, 6) is 0.376. The van der Waals surface area contributed by atoms with Gasteiger partial charge in [-0.3, -0.25) is 10.2 Å². The minimum Gasteiger partial charge on any atom is -0.483 e. The summed E-state index contributed by atoms with van der Waals surface area (Å²) < 4.78 is 5.66. The highest BCUT2D eigenvalue weighted by Gasteiger charge is 2.06. The Kier molecular flexibility index (Phi) is 6.20. The first-order chi connectivity index (χ1) is 13.2. The van der Waals surface area contributed by atoms with E-state index in [9.17, 15) is 4.79 Å². The van der Waals surface area contributed by atoms with E-state index >= 15 is 0 Å². The highest BCUT2D eigenvalue weighted by Crippen LogP contribution is 2.16. The lowest BCUT2D eigenvalue weighted by molar-refractivity contribution is -0.118. The summed E-state index contributed by atoms with van der Waals surface area (Å²) in [5, 5.41) is 7.03. The van der Waals surface area contributed by atoms with Gasteiger partial charge in [-0.15, -0.1) is 0 Å². The number of nitrogens with one attached hydrogen (secondary N) is 2. The van der Waals surface area contributed by atoms with E-state index in [1.807, 2.05) is 85.8 Å². The molecule has 0 unspecified atom stereocenters. The molecule has 136 valence electrons. The van der Waals surface area contributed by atoms with Crippen molar-refractivity contribution in [2.24, 2.45) is 5.10 Å². The van der Waals surface area contributed by atoms with Crippen molar-refractivity contribution < 1.29 is 9.53 Å². The number of para-hydroxylation sites is 2. The van der Waals surface area contributed by atoms with Crippen LogP contribution in [0.1, 0.15) is 11.1 Å². The Morgan fingerprint density at radius 2 is 1.63 bits per heavy atom. The molecule has 3 aromatic carbocycles. The van der Waals surface area contributed by atoms with E-state index in [2.05, 4.69) is 15.8 Å². The summed E-state index contributed by atoms with van der Waals surface area (Å²) in [5.41, 5.74) is 6.59. The van der Waals surface area contributed by atoms with Crippen LogP contribution < -0.4 is 15.5 Å². The highest BCUT2D eigenvalue weighted by molar-refractivity contribution is 5.92. The van der Waals surface area contributed by atoms with Gasteiger partial charge < -0.3 is 10.1 Å². The average molecular weight is 359 g/mol. The third kappa shape index (κ3) is 5.71. The first-order valence-electron chi connectivity index (χ1n) is 8.63. The number of aryl methyl sites for hydroxylation is 1. The Balaban J connectivity index is 1.57. The predicted octanol–water partition coefficient (Wildman–Crippen LogP) is 4.46. The molecule has 0 aromatic heterocycles. The Morgan fingerprint density at radius 3 is 2.41 bits per heavy atom. The number of rotatable bonds is 7.